The normalized spacial score (nSPS) is 10.2. The Bertz CT molecular complexity index is 647. The summed E-state index contributed by atoms with van der Waals surface area (Å²) in [6.07, 6.45) is 0. The number of hydrogen-bond acceptors (Lipinski definition) is 4. The van der Waals surface area contributed by atoms with Crippen LogP contribution in [0.5, 0.6) is 5.75 Å². The van der Waals surface area contributed by atoms with Gasteiger partial charge in [-0.1, -0.05) is 12.1 Å². The van der Waals surface area contributed by atoms with E-state index in [9.17, 15) is 10.1 Å². The van der Waals surface area contributed by atoms with Gasteiger partial charge in [0, 0.05) is 18.3 Å². The van der Waals surface area contributed by atoms with Crippen LogP contribution in [0, 0.1) is 13.7 Å². The van der Waals surface area contributed by atoms with Gasteiger partial charge in [-0.25, -0.2) is 0 Å². The lowest BCUT2D eigenvalue weighted by atomic mass is 10.2. The van der Waals surface area contributed by atoms with Gasteiger partial charge in [0.15, 0.2) is 0 Å². The fourth-order valence-electron chi connectivity index (χ4n) is 1.88. The van der Waals surface area contributed by atoms with Gasteiger partial charge in [-0.15, -0.1) is 0 Å². The number of halogens is 1. The summed E-state index contributed by atoms with van der Waals surface area (Å²) in [5.41, 5.74) is 2.07. The van der Waals surface area contributed by atoms with Crippen molar-refractivity contribution in [2.75, 3.05) is 11.9 Å². The third-order valence-corrected chi connectivity index (χ3v) is 3.71. The van der Waals surface area contributed by atoms with Gasteiger partial charge in [-0.3, -0.25) is 10.1 Å². The third kappa shape index (κ3) is 4.32. The predicted octanol–water partition coefficient (Wildman–Crippen LogP) is 4.21. The average Bonchev–Trinajstić information content (AvgIpc) is 2.45. The number of hydrogen-bond donors (Lipinski definition) is 1. The second-order valence-corrected chi connectivity index (χ2v) is 5.52. The smallest absolute Gasteiger partial charge is 0.282 e. The van der Waals surface area contributed by atoms with Crippen LogP contribution >= 0.6 is 22.6 Å². The van der Waals surface area contributed by atoms with Crippen LogP contribution in [0.25, 0.3) is 0 Å². The molecule has 2 rings (SSSR count). The molecule has 0 bridgehead atoms. The fraction of sp³-hybridized carbons (Fsp3) is 0.200. The number of ether oxygens (including phenoxy) is 1. The molecule has 0 aliphatic rings. The van der Waals surface area contributed by atoms with Gasteiger partial charge in [-0.2, -0.15) is 0 Å². The molecule has 0 aliphatic heterocycles. The third-order valence-electron chi connectivity index (χ3n) is 2.85. The molecule has 6 heteroatoms. The largest absolute Gasteiger partial charge is 0.494 e. The topological polar surface area (TPSA) is 64.4 Å². The number of nitrogens with zero attached hydrogens (tertiary/aromatic N) is 1. The Labute approximate surface area is 136 Å². The molecule has 0 saturated carbocycles. The summed E-state index contributed by atoms with van der Waals surface area (Å²) < 4.78 is 6.07. The zero-order chi connectivity index (χ0) is 15.2. The van der Waals surface area contributed by atoms with E-state index in [1.54, 1.807) is 12.1 Å². The molecule has 21 heavy (non-hydrogen) atoms. The molecule has 0 unspecified atom stereocenters. The van der Waals surface area contributed by atoms with Crippen molar-refractivity contribution in [2.24, 2.45) is 0 Å². The molecule has 0 aromatic heterocycles. The standard InChI is InChI=1S/C15H15IN2O3/c1-2-21-13-5-3-4-11(8-13)10-17-12-6-7-15(18(19)20)14(16)9-12/h3-9,17H,2,10H2,1H3. The van der Waals surface area contributed by atoms with E-state index in [2.05, 4.69) is 5.32 Å². The van der Waals surface area contributed by atoms with E-state index in [-0.39, 0.29) is 10.6 Å². The van der Waals surface area contributed by atoms with Crippen LogP contribution in [-0.4, -0.2) is 11.5 Å². The van der Waals surface area contributed by atoms with Crippen LogP contribution in [0.3, 0.4) is 0 Å². The molecule has 2 aromatic rings. The van der Waals surface area contributed by atoms with Crippen molar-refractivity contribution in [1.82, 2.24) is 0 Å². The maximum Gasteiger partial charge on any atom is 0.282 e. The SMILES string of the molecule is CCOc1cccc(CNc2ccc([N+](=O)[O-])c(I)c2)c1. The summed E-state index contributed by atoms with van der Waals surface area (Å²) in [7, 11) is 0. The Morgan fingerprint density at radius 3 is 2.76 bits per heavy atom. The first-order valence-electron chi connectivity index (χ1n) is 6.49. The summed E-state index contributed by atoms with van der Waals surface area (Å²) in [5, 5.41) is 14.0. The van der Waals surface area contributed by atoms with Crippen LogP contribution < -0.4 is 10.1 Å². The first-order valence-corrected chi connectivity index (χ1v) is 7.57. The number of nitro groups is 1. The molecule has 0 amide bonds. The van der Waals surface area contributed by atoms with Gasteiger partial charge >= 0.3 is 0 Å². The van der Waals surface area contributed by atoms with Crippen molar-refractivity contribution in [1.29, 1.82) is 0 Å². The minimum Gasteiger partial charge on any atom is -0.494 e. The number of anilines is 1. The molecule has 110 valence electrons. The molecule has 0 fully saturated rings. The lowest BCUT2D eigenvalue weighted by Gasteiger charge is -2.09. The van der Waals surface area contributed by atoms with Crippen molar-refractivity contribution in [2.45, 2.75) is 13.5 Å². The summed E-state index contributed by atoms with van der Waals surface area (Å²) in [6.45, 7) is 3.22. The van der Waals surface area contributed by atoms with Gasteiger partial charge < -0.3 is 10.1 Å². The Kier molecular flexibility index (Phi) is 5.38. The second-order valence-electron chi connectivity index (χ2n) is 4.36. The predicted molar refractivity (Wildman–Crippen MR) is 90.8 cm³/mol. The molecule has 0 spiro atoms. The Morgan fingerprint density at radius 1 is 1.29 bits per heavy atom. The quantitative estimate of drug-likeness (QED) is 0.450. The maximum atomic E-state index is 10.8. The highest BCUT2D eigenvalue weighted by Crippen LogP contribution is 2.24. The van der Waals surface area contributed by atoms with Crippen molar-refractivity contribution in [3.05, 3.63) is 61.7 Å². The number of benzene rings is 2. The van der Waals surface area contributed by atoms with Crippen LogP contribution in [0.15, 0.2) is 42.5 Å². The second kappa shape index (κ2) is 7.26. The monoisotopic (exact) mass is 398 g/mol. The molecule has 1 N–H and O–H groups in total. The van der Waals surface area contributed by atoms with Gasteiger partial charge in [0.25, 0.3) is 5.69 Å². The van der Waals surface area contributed by atoms with E-state index in [4.69, 9.17) is 4.74 Å². The van der Waals surface area contributed by atoms with Crippen LogP contribution in [0.4, 0.5) is 11.4 Å². The lowest BCUT2D eigenvalue weighted by Crippen LogP contribution is -2.01. The molecule has 0 aliphatic carbocycles. The number of rotatable bonds is 6. The van der Waals surface area contributed by atoms with E-state index in [0.29, 0.717) is 16.7 Å². The average molecular weight is 398 g/mol. The van der Waals surface area contributed by atoms with Crippen LogP contribution in [0.1, 0.15) is 12.5 Å². The van der Waals surface area contributed by atoms with E-state index < -0.39 is 0 Å². The summed E-state index contributed by atoms with van der Waals surface area (Å²) >= 11 is 1.97. The summed E-state index contributed by atoms with van der Waals surface area (Å²) in [4.78, 5) is 10.4. The van der Waals surface area contributed by atoms with Crippen molar-refractivity contribution < 1.29 is 9.66 Å². The van der Waals surface area contributed by atoms with Gasteiger partial charge in [0.2, 0.25) is 0 Å². The van der Waals surface area contributed by atoms with Crippen molar-refractivity contribution in [3.63, 3.8) is 0 Å². The highest BCUT2D eigenvalue weighted by molar-refractivity contribution is 14.1. The molecule has 2 aromatic carbocycles. The van der Waals surface area contributed by atoms with E-state index in [0.717, 1.165) is 17.0 Å². The Hall–Kier alpha value is -1.83. The van der Waals surface area contributed by atoms with E-state index in [1.807, 2.05) is 53.8 Å². The van der Waals surface area contributed by atoms with Crippen LogP contribution in [-0.2, 0) is 6.54 Å². The molecular weight excluding hydrogens is 383 g/mol. The Balaban J connectivity index is 2.04. The molecule has 0 heterocycles. The molecule has 0 atom stereocenters. The Morgan fingerprint density at radius 2 is 2.10 bits per heavy atom. The molecule has 0 radical (unpaired) electrons. The van der Waals surface area contributed by atoms with E-state index >= 15 is 0 Å². The first kappa shape index (κ1) is 15.6. The first-order chi connectivity index (χ1) is 10.1. The van der Waals surface area contributed by atoms with Crippen molar-refractivity contribution >= 4 is 34.0 Å². The number of nitrogens with one attached hydrogen (secondary N) is 1. The zero-order valence-electron chi connectivity index (χ0n) is 11.5. The lowest BCUT2D eigenvalue weighted by molar-refractivity contribution is -0.385. The summed E-state index contributed by atoms with van der Waals surface area (Å²) in [5.74, 6) is 0.843. The van der Waals surface area contributed by atoms with E-state index in [1.165, 1.54) is 6.07 Å². The van der Waals surface area contributed by atoms with Crippen LogP contribution in [0.2, 0.25) is 0 Å². The van der Waals surface area contributed by atoms with Gasteiger partial charge in [0.05, 0.1) is 15.1 Å². The fourth-order valence-corrected chi connectivity index (χ4v) is 2.59. The molecule has 5 nitrogen and oxygen atoms in total. The highest BCUT2D eigenvalue weighted by Gasteiger charge is 2.11. The van der Waals surface area contributed by atoms with Gasteiger partial charge in [0.1, 0.15) is 5.75 Å². The minimum absolute atomic E-state index is 0.125. The highest BCUT2D eigenvalue weighted by atomic mass is 127. The molecular formula is C15H15IN2O3. The number of nitro benzene ring substituents is 1. The molecule has 0 saturated heterocycles. The minimum atomic E-state index is -0.378. The summed E-state index contributed by atoms with van der Waals surface area (Å²) in [6, 6.07) is 12.8. The zero-order valence-corrected chi connectivity index (χ0v) is 13.7. The van der Waals surface area contributed by atoms with Gasteiger partial charge in [-0.05, 0) is 59.3 Å². The maximum absolute atomic E-state index is 10.8. The van der Waals surface area contributed by atoms with Crippen molar-refractivity contribution in [3.8, 4) is 5.75 Å².